The van der Waals surface area contributed by atoms with Gasteiger partial charge in [0.05, 0.1) is 8.80 Å². The molecule has 0 spiro atoms. The van der Waals surface area contributed by atoms with Crippen molar-refractivity contribution in [3.05, 3.63) is 53.1 Å². The maximum Gasteiger partial charge on any atom is 0.0655 e. The van der Waals surface area contributed by atoms with Crippen LogP contribution < -0.4 is 0 Å². The molecular formula is C16H18SiTi. The van der Waals surface area contributed by atoms with E-state index in [2.05, 4.69) is 56.4 Å². The predicted molar refractivity (Wildman–Crippen MR) is 79.1 cm³/mol. The van der Waals surface area contributed by atoms with Crippen molar-refractivity contribution in [1.29, 1.82) is 0 Å². The standard InChI is InChI=1S/C16H18Si.Ti/c1-11-10-13-9-8-12-6-4-5-7-14(12)15(13)16(11)17(2)3;/h4-9,17H,10H2,1-3H3;. The first-order valence-corrected chi connectivity index (χ1v) is 9.28. The van der Waals surface area contributed by atoms with Gasteiger partial charge in [0.1, 0.15) is 0 Å². The summed E-state index contributed by atoms with van der Waals surface area (Å²) in [5.74, 6) is 0. The van der Waals surface area contributed by atoms with Gasteiger partial charge in [0, 0.05) is 21.7 Å². The van der Waals surface area contributed by atoms with Crippen molar-refractivity contribution in [3.63, 3.8) is 0 Å². The molecule has 0 aromatic heterocycles. The Hall–Kier alpha value is -0.629. The third-order valence-electron chi connectivity index (χ3n) is 3.78. The molecule has 90 valence electrons. The van der Waals surface area contributed by atoms with E-state index in [1.165, 1.54) is 22.8 Å². The van der Waals surface area contributed by atoms with E-state index < -0.39 is 8.80 Å². The Morgan fingerprint density at radius 3 is 2.44 bits per heavy atom. The van der Waals surface area contributed by atoms with E-state index in [-0.39, 0.29) is 21.7 Å². The zero-order valence-electron chi connectivity index (χ0n) is 11.2. The molecule has 0 N–H and O–H groups in total. The summed E-state index contributed by atoms with van der Waals surface area (Å²) in [6.07, 6.45) is 1.17. The number of benzene rings is 2. The van der Waals surface area contributed by atoms with Crippen LogP contribution in [0.5, 0.6) is 0 Å². The summed E-state index contributed by atoms with van der Waals surface area (Å²) in [6.45, 7) is 7.20. The quantitative estimate of drug-likeness (QED) is 0.689. The molecule has 0 unspecified atom stereocenters. The van der Waals surface area contributed by atoms with Gasteiger partial charge in [-0.1, -0.05) is 60.3 Å². The summed E-state index contributed by atoms with van der Waals surface area (Å²) in [7, 11) is -0.746. The molecule has 3 rings (SSSR count). The first-order valence-electron chi connectivity index (χ1n) is 6.39. The van der Waals surface area contributed by atoms with Crippen molar-refractivity contribution >= 4 is 24.8 Å². The molecule has 0 amide bonds. The molecule has 0 radical (unpaired) electrons. The first kappa shape index (κ1) is 13.8. The van der Waals surface area contributed by atoms with Crippen LogP contribution in [-0.2, 0) is 28.1 Å². The molecule has 0 atom stereocenters. The maximum atomic E-state index is 2.44. The molecule has 0 saturated carbocycles. The molecule has 0 nitrogen and oxygen atoms in total. The Morgan fingerprint density at radius 2 is 1.72 bits per heavy atom. The Bertz CT molecular complexity index is 626. The minimum atomic E-state index is -0.746. The van der Waals surface area contributed by atoms with E-state index >= 15 is 0 Å². The van der Waals surface area contributed by atoms with Gasteiger partial charge in [-0.15, -0.1) is 0 Å². The molecule has 0 saturated heterocycles. The molecule has 2 aromatic rings. The zero-order chi connectivity index (χ0) is 12.0. The smallest absolute Gasteiger partial charge is 0.0655 e. The average Bonchev–Trinajstić information content (AvgIpc) is 2.65. The van der Waals surface area contributed by atoms with Crippen molar-refractivity contribution < 1.29 is 21.7 Å². The summed E-state index contributed by atoms with van der Waals surface area (Å²) < 4.78 is 0. The maximum absolute atomic E-state index is 2.44. The van der Waals surface area contributed by atoms with E-state index in [4.69, 9.17) is 0 Å². The van der Waals surface area contributed by atoms with Gasteiger partial charge in [-0.25, -0.2) is 0 Å². The minimum Gasteiger partial charge on any atom is -0.0694 e. The fraction of sp³-hybridized carbons (Fsp3) is 0.250. The van der Waals surface area contributed by atoms with Gasteiger partial charge in [-0.05, 0) is 35.2 Å². The Kier molecular flexibility index (Phi) is 3.96. The van der Waals surface area contributed by atoms with E-state index in [0.29, 0.717) is 0 Å². The van der Waals surface area contributed by atoms with Crippen LogP contribution in [0.15, 0.2) is 42.0 Å². The van der Waals surface area contributed by atoms with Crippen LogP contribution in [0.25, 0.3) is 16.0 Å². The third kappa shape index (κ3) is 2.05. The van der Waals surface area contributed by atoms with E-state index in [1.54, 1.807) is 16.3 Å². The minimum absolute atomic E-state index is 0. The van der Waals surface area contributed by atoms with Gasteiger partial charge < -0.3 is 0 Å². The second-order valence-corrected chi connectivity index (χ2v) is 8.23. The summed E-state index contributed by atoms with van der Waals surface area (Å²) in [5, 5.41) is 4.54. The fourth-order valence-corrected chi connectivity index (χ4v) is 5.16. The van der Waals surface area contributed by atoms with Crippen LogP contribution >= 0.6 is 0 Å². The van der Waals surface area contributed by atoms with Crippen LogP contribution in [0.3, 0.4) is 0 Å². The van der Waals surface area contributed by atoms with Gasteiger partial charge in [0.2, 0.25) is 0 Å². The SMILES string of the molecule is CC1=C([SiH](C)C)c2c(ccc3ccccc23)C1.[Ti]. The number of hydrogen-bond acceptors (Lipinski definition) is 0. The van der Waals surface area contributed by atoms with Crippen molar-refractivity contribution in [2.45, 2.75) is 26.4 Å². The average molecular weight is 286 g/mol. The third-order valence-corrected chi connectivity index (χ3v) is 5.71. The van der Waals surface area contributed by atoms with Crippen LogP contribution in [0.4, 0.5) is 0 Å². The molecule has 0 aliphatic heterocycles. The van der Waals surface area contributed by atoms with Gasteiger partial charge in [-0.2, -0.15) is 0 Å². The monoisotopic (exact) mass is 286 g/mol. The molecule has 2 aromatic carbocycles. The summed E-state index contributed by atoms with van der Waals surface area (Å²) >= 11 is 0. The van der Waals surface area contributed by atoms with Crippen LogP contribution in [0, 0.1) is 0 Å². The Labute approximate surface area is 126 Å². The number of fused-ring (bicyclic) bond motifs is 3. The summed E-state index contributed by atoms with van der Waals surface area (Å²) in [5.41, 5.74) is 4.72. The summed E-state index contributed by atoms with van der Waals surface area (Å²) in [6, 6.07) is 13.4. The molecule has 2 heteroatoms. The molecule has 0 fully saturated rings. The number of allylic oxidation sites excluding steroid dienone is 1. The topological polar surface area (TPSA) is 0 Å². The van der Waals surface area contributed by atoms with Crippen molar-refractivity contribution in [3.8, 4) is 0 Å². The number of hydrogen-bond donors (Lipinski definition) is 0. The molecular weight excluding hydrogens is 268 g/mol. The Morgan fingerprint density at radius 1 is 1.00 bits per heavy atom. The van der Waals surface area contributed by atoms with Gasteiger partial charge in [0.15, 0.2) is 0 Å². The molecule has 1 aliphatic rings. The zero-order valence-corrected chi connectivity index (χ0v) is 14.0. The second-order valence-electron chi connectivity index (χ2n) is 5.35. The van der Waals surface area contributed by atoms with Crippen LogP contribution in [0.1, 0.15) is 18.1 Å². The van der Waals surface area contributed by atoms with Crippen molar-refractivity contribution in [2.24, 2.45) is 0 Å². The van der Waals surface area contributed by atoms with Crippen molar-refractivity contribution in [1.82, 2.24) is 0 Å². The molecule has 1 aliphatic carbocycles. The van der Waals surface area contributed by atoms with Crippen molar-refractivity contribution in [2.75, 3.05) is 0 Å². The Balaban J connectivity index is 0.00000120. The second kappa shape index (κ2) is 5.16. The molecule has 18 heavy (non-hydrogen) atoms. The summed E-state index contributed by atoms with van der Waals surface area (Å²) in [4.78, 5) is 0. The van der Waals surface area contributed by atoms with Crippen LogP contribution in [-0.4, -0.2) is 8.80 Å². The van der Waals surface area contributed by atoms with Gasteiger partial charge in [-0.3, -0.25) is 0 Å². The fourth-order valence-electron chi connectivity index (χ4n) is 3.16. The van der Waals surface area contributed by atoms with Crippen LogP contribution in [0.2, 0.25) is 13.1 Å². The van der Waals surface area contributed by atoms with Gasteiger partial charge >= 0.3 is 0 Å². The number of rotatable bonds is 1. The molecule has 0 heterocycles. The first-order chi connectivity index (χ1) is 8.18. The van der Waals surface area contributed by atoms with Gasteiger partial charge in [0.25, 0.3) is 0 Å². The van der Waals surface area contributed by atoms with E-state index in [0.717, 1.165) is 0 Å². The van der Waals surface area contributed by atoms with E-state index in [9.17, 15) is 0 Å². The largest absolute Gasteiger partial charge is 0.0694 e. The molecule has 0 bridgehead atoms. The normalized spacial score (nSPS) is 14.0. The van der Waals surface area contributed by atoms with E-state index in [1.807, 2.05) is 0 Å². The predicted octanol–water partition coefficient (Wildman–Crippen LogP) is 4.19.